The molecule has 2 aromatic heterocycles. The van der Waals surface area contributed by atoms with Crippen LogP contribution >= 0.6 is 27.3 Å². The average Bonchev–Trinajstić information content (AvgIpc) is 2.85. The number of nitrogens with zero attached hydrogens (tertiary/aromatic N) is 2. The van der Waals surface area contributed by atoms with Gasteiger partial charge in [-0.3, -0.25) is 4.79 Å². The molecule has 0 N–H and O–H groups in total. The van der Waals surface area contributed by atoms with Gasteiger partial charge in [0.05, 0.1) is 11.3 Å². The summed E-state index contributed by atoms with van der Waals surface area (Å²) < 4.78 is 6.08. The van der Waals surface area contributed by atoms with Crippen LogP contribution in [-0.2, 0) is 11.2 Å². The molecule has 0 radical (unpaired) electrons. The van der Waals surface area contributed by atoms with Crippen LogP contribution in [0.15, 0.2) is 20.4 Å². The normalized spacial score (nSPS) is 11.1. The van der Waals surface area contributed by atoms with Crippen molar-refractivity contribution in [2.45, 2.75) is 26.7 Å². The molecule has 0 atom stereocenters. The molecule has 0 aliphatic rings. The van der Waals surface area contributed by atoms with Crippen LogP contribution in [0.25, 0.3) is 10.7 Å². The third kappa shape index (κ3) is 3.49. The smallest absolute Gasteiger partial charge is 0.234 e. The first-order valence-corrected chi connectivity index (χ1v) is 7.30. The lowest BCUT2D eigenvalue weighted by molar-refractivity contribution is -0.119. The van der Waals surface area contributed by atoms with Crippen LogP contribution in [0.2, 0.25) is 0 Å². The first-order valence-electron chi connectivity index (χ1n) is 5.63. The summed E-state index contributed by atoms with van der Waals surface area (Å²) in [5, 5.41) is 5.84. The molecule has 0 spiro atoms. The number of thiophene rings is 1. The van der Waals surface area contributed by atoms with Crippen LogP contribution in [-0.4, -0.2) is 15.9 Å². The summed E-state index contributed by atoms with van der Waals surface area (Å²) in [5.74, 6) is 1.42. The van der Waals surface area contributed by atoms with E-state index in [-0.39, 0.29) is 12.2 Å². The lowest BCUT2D eigenvalue weighted by atomic mass is 10.1. The minimum atomic E-state index is 0.132. The molecule has 6 heteroatoms. The molecule has 0 saturated heterocycles. The van der Waals surface area contributed by atoms with Crippen molar-refractivity contribution in [3.63, 3.8) is 0 Å². The minimum Gasteiger partial charge on any atom is -0.338 e. The Morgan fingerprint density at radius 2 is 2.33 bits per heavy atom. The fourth-order valence-corrected chi connectivity index (χ4v) is 2.90. The number of carbonyl (C=O) groups excluding carboxylic acids is 1. The predicted molar refractivity (Wildman–Crippen MR) is 73.5 cm³/mol. The maximum Gasteiger partial charge on any atom is 0.234 e. The number of hydrogen-bond donors (Lipinski definition) is 0. The van der Waals surface area contributed by atoms with Gasteiger partial charge in [0.15, 0.2) is 0 Å². The molecule has 0 fully saturated rings. The molecule has 0 aliphatic heterocycles. The van der Waals surface area contributed by atoms with Crippen LogP contribution < -0.4 is 0 Å². The zero-order chi connectivity index (χ0) is 13.1. The van der Waals surface area contributed by atoms with Crippen LogP contribution in [0.1, 0.15) is 26.2 Å². The summed E-state index contributed by atoms with van der Waals surface area (Å²) in [6.07, 6.45) is 0.764. The molecular formula is C12H13BrN2O2S. The van der Waals surface area contributed by atoms with Gasteiger partial charge in [-0.25, -0.2) is 0 Å². The molecule has 0 bridgehead atoms. The summed E-state index contributed by atoms with van der Waals surface area (Å²) >= 11 is 4.90. The van der Waals surface area contributed by atoms with Crippen LogP contribution in [0, 0.1) is 5.92 Å². The van der Waals surface area contributed by atoms with Gasteiger partial charge >= 0.3 is 0 Å². The molecule has 96 valence electrons. The number of ketones is 1. The van der Waals surface area contributed by atoms with Gasteiger partial charge in [0.1, 0.15) is 5.78 Å². The summed E-state index contributed by atoms with van der Waals surface area (Å²) in [6.45, 7) is 4.03. The van der Waals surface area contributed by atoms with Gasteiger partial charge in [0.2, 0.25) is 11.7 Å². The standard InChI is InChI=1S/C12H13BrN2O2S/c1-7(2)3-9(16)5-11-14-12(15-17-11)10-4-8(13)6-18-10/h4,6-7H,3,5H2,1-2H3. The van der Waals surface area contributed by atoms with E-state index in [1.807, 2.05) is 25.3 Å². The lowest BCUT2D eigenvalue weighted by Gasteiger charge is -1.99. The summed E-state index contributed by atoms with van der Waals surface area (Å²) in [6, 6.07) is 1.93. The highest BCUT2D eigenvalue weighted by Gasteiger charge is 2.14. The molecular weight excluding hydrogens is 316 g/mol. The van der Waals surface area contributed by atoms with Gasteiger partial charge in [0.25, 0.3) is 0 Å². The number of Topliss-reactive ketones (excluding diaryl/α,β-unsaturated/α-hetero) is 1. The Morgan fingerprint density at radius 1 is 1.56 bits per heavy atom. The molecule has 4 nitrogen and oxygen atoms in total. The van der Waals surface area contributed by atoms with Crippen LogP contribution in [0.3, 0.4) is 0 Å². The second-order valence-electron chi connectivity index (χ2n) is 4.45. The van der Waals surface area contributed by atoms with E-state index in [9.17, 15) is 4.79 Å². The topological polar surface area (TPSA) is 56.0 Å². The van der Waals surface area contributed by atoms with E-state index >= 15 is 0 Å². The highest BCUT2D eigenvalue weighted by atomic mass is 79.9. The average molecular weight is 329 g/mol. The zero-order valence-corrected chi connectivity index (χ0v) is 12.5. The highest BCUT2D eigenvalue weighted by Crippen LogP contribution is 2.27. The van der Waals surface area contributed by atoms with Crippen molar-refractivity contribution >= 4 is 33.0 Å². The van der Waals surface area contributed by atoms with E-state index in [0.29, 0.717) is 24.1 Å². The minimum absolute atomic E-state index is 0.132. The molecule has 0 aromatic carbocycles. The third-order valence-corrected chi connectivity index (χ3v) is 3.93. The quantitative estimate of drug-likeness (QED) is 0.839. The van der Waals surface area contributed by atoms with E-state index < -0.39 is 0 Å². The Balaban J connectivity index is 2.04. The maximum atomic E-state index is 11.6. The number of halogens is 1. The van der Waals surface area contributed by atoms with Gasteiger partial charge in [-0.05, 0) is 27.9 Å². The number of aromatic nitrogens is 2. The molecule has 0 amide bonds. The van der Waals surface area contributed by atoms with Crippen molar-refractivity contribution in [2.75, 3.05) is 0 Å². The van der Waals surface area contributed by atoms with Crippen LogP contribution in [0.5, 0.6) is 0 Å². The fraction of sp³-hybridized carbons (Fsp3) is 0.417. The van der Waals surface area contributed by atoms with Crippen molar-refractivity contribution in [3.8, 4) is 10.7 Å². The number of rotatable bonds is 5. The van der Waals surface area contributed by atoms with Crippen molar-refractivity contribution in [3.05, 3.63) is 21.8 Å². The van der Waals surface area contributed by atoms with Crippen molar-refractivity contribution in [1.82, 2.24) is 10.1 Å². The fourth-order valence-electron chi connectivity index (χ4n) is 1.55. The van der Waals surface area contributed by atoms with Crippen molar-refractivity contribution in [2.24, 2.45) is 5.92 Å². The molecule has 0 saturated carbocycles. The van der Waals surface area contributed by atoms with Crippen molar-refractivity contribution in [1.29, 1.82) is 0 Å². The molecule has 0 aliphatic carbocycles. The van der Waals surface area contributed by atoms with E-state index in [1.54, 1.807) is 0 Å². The lowest BCUT2D eigenvalue weighted by Crippen LogP contribution is -2.06. The van der Waals surface area contributed by atoms with Gasteiger partial charge in [-0.2, -0.15) is 4.98 Å². The van der Waals surface area contributed by atoms with Gasteiger partial charge in [0, 0.05) is 16.3 Å². The Labute approximate surface area is 118 Å². The van der Waals surface area contributed by atoms with Crippen molar-refractivity contribution < 1.29 is 9.32 Å². The van der Waals surface area contributed by atoms with Gasteiger partial charge < -0.3 is 4.52 Å². The second-order valence-corrected chi connectivity index (χ2v) is 6.28. The molecule has 2 aromatic rings. The van der Waals surface area contributed by atoms with E-state index in [2.05, 4.69) is 26.1 Å². The Kier molecular flexibility index (Phi) is 4.29. The molecule has 18 heavy (non-hydrogen) atoms. The Morgan fingerprint density at radius 3 is 2.94 bits per heavy atom. The van der Waals surface area contributed by atoms with Gasteiger partial charge in [-0.1, -0.05) is 19.0 Å². The summed E-state index contributed by atoms with van der Waals surface area (Å²) in [7, 11) is 0. The Bertz CT molecular complexity index is 548. The summed E-state index contributed by atoms with van der Waals surface area (Å²) in [5.41, 5.74) is 0. The van der Waals surface area contributed by atoms with Crippen LogP contribution in [0.4, 0.5) is 0 Å². The van der Waals surface area contributed by atoms with E-state index in [1.165, 1.54) is 11.3 Å². The molecule has 2 heterocycles. The zero-order valence-electron chi connectivity index (χ0n) is 10.1. The number of hydrogen-bond acceptors (Lipinski definition) is 5. The van der Waals surface area contributed by atoms with E-state index in [0.717, 1.165) is 9.35 Å². The molecule has 0 unspecified atom stereocenters. The Hall–Kier alpha value is -1.01. The first kappa shape index (κ1) is 13.4. The second kappa shape index (κ2) is 5.75. The van der Waals surface area contributed by atoms with E-state index in [4.69, 9.17) is 4.52 Å². The number of carbonyl (C=O) groups is 1. The molecule has 2 rings (SSSR count). The monoisotopic (exact) mass is 328 g/mol. The highest BCUT2D eigenvalue weighted by molar-refractivity contribution is 9.10. The van der Waals surface area contributed by atoms with Gasteiger partial charge in [-0.15, -0.1) is 11.3 Å². The third-order valence-electron chi connectivity index (χ3n) is 2.24. The maximum absolute atomic E-state index is 11.6. The summed E-state index contributed by atoms with van der Waals surface area (Å²) in [4.78, 5) is 16.8. The predicted octanol–water partition coefficient (Wildman–Crippen LogP) is 3.72. The first-order chi connectivity index (χ1) is 8.54. The SMILES string of the molecule is CC(C)CC(=O)Cc1nc(-c2cc(Br)cs2)no1. The largest absolute Gasteiger partial charge is 0.338 e.